The maximum Gasteiger partial charge on any atom is 4.00 e. The van der Waals surface area contributed by atoms with Crippen molar-refractivity contribution in [1.82, 2.24) is 10.6 Å². The van der Waals surface area contributed by atoms with E-state index in [9.17, 15) is 27.2 Å². The third kappa shape index (κ3) is 16.7. The van der Waals surface area contributed by atoms with Crippen LogP contribution >= 0.6 is 0 Å². The minimum absolute atomic E-state index is 0. The van der Waals surface area contributed by atoms with Crippen molar-refractivity contribution in [3.8, 4) is 0 Å². The number of benzene rings is 2. The van der Waals surface area contributed by atoms with Crippen molar-refractivity contribution < 1.29 is 48.9 Å². The number of carbonyl (C=O) groups is 2. The van der Waals surface area contributed by atoms with Gasteiger partial charge in [-0.1, -0.05) is 0 Å². The summed E-state index contributed by atoms with van der Waals surface area (Å²) in [6, 6.07) is 28.5. The molecule has 0 heterocycles. The molecule has 4 aromatic rings. The second-order valence-electron chi connectivity index (χ2n) is 7.03. The topological polar surface area (TPSA) is 58.2 Å². The van der Waals surface area contributed by atoms with Crippen LogP contribution in [0, 0.1) is 35.4 Å². The number of halogens is 4. The first-order valence-electron chi connectivity index (χ1n) is 10.7. The van der Waals surface area contributed by atoms with Crippen molar-refractivity contribution in [3.63, 3.8) is 0 Å². The van der Waals surface area contributed by atoms with Crippen molar-refractivity contribution in [2.24, 2.45) is 0 Å². The van der Waals surface area contributed by atoms with Gasteiger partial charge < -0.3 is 10.6 Å². The van der Waals surface area contributed by atoms with Gasteiger partial charge in [-0.25, -0.2) is 41.8 Å². The van der Waals surface area contributed by atoms with Crippen LogP contribution in [0.25, 0.3) is 0 Å². The number of carbonyl (C=O) groups excluding carboxylic acids is 2. The minimum Gasteiger partial charge on any atom is -0.363 e. The second kappa shape index (κ2) is 19.7. The Bertz CT molecular complexity index is 1030. The summed E-state index contributed by atoms with van der Waals surface area (Å²) in [4.78, 5) is 21.0. The number of hydrogen-bond donors (Lipinski definition) is 2. The molecular formula is C28H26F4N2O2Ti. The van der Waals surface area contributed by atoms with Crippen LogP contribution in [-0.2, 0) is 44.4 Å². The smallest absolute Gasteiger partial charge is 0.363 e. The van der Waals surface area contributed by atoms with Crippen LogP contribution in [0.5, 0.6) is 0 Å². The SMILES string of the molecule is CC(=O)NCc1ccc(F)[c-]c1F.CC(=O)NCc1ccc(F)[c-]c1F.[Ti+4].c1cc[cH-]c1.c1cc[cH-]c1. The van der Waals surface area contributed by atoms with Crippen LogP contribution in [0.15, 0.2) is 84.9 Å². The molecule has 0 aliphatic heterocycles. The first kappa shape index (κ1) is 33.5. The molecule has 0 aliphatic carbocycles. The Morgan fingerprint density at radius 1 is 0.676 bits per heavy atom. The number of hydrogen-bond acceptors (Lipinski definition) is 2. The van der Waals surface area contributed by atoms with Gasteiger partial charge in [0.05, 0.1) is 0 Å². The van der Waals surface area contributed by atoms with Gasteiger partial charge in [0.25, 0.3) is 0 Å². The summed E-state index contributed by atoms with van der Waals surface area (Å²) < 4.78 is 50.4. The maximum atomic E-state index is 12.9. The van der Waals surface area contributed by atoms with Gasteiger partial charge >= 0.3 is 21.7 Å². The minimum atomic E-state index is -0.770. The molecule has 0 spiro atoms. The molecular weight excluding hydrogens is 520 g/mol. The average molecular weight is 546 g/mol. The van der Waals surface area contributed by atoms with Crippen LogP contribution in [-0.4, -0.2) is 11.8 Å². The Kier molecular flexibility index (Phi) is 17.8. The van der Waals surface area contributed by atoms with Crippen molar-refractivity contribution in [2.45, 2.75) is 26.9 Å². The molecule has 0 bridgehead atoms. The van der Waals surface area contributed by atoms with Gasteiger partial charge in [-0.05, 0) is 0 Å². The van der Waals surface area contributed by atoms with E-state index in [2.05, 4.69) is 10.6 Å². The molecule has 0 saturated heterocycles. The number of amides is 2. The molecule has 0 unspecified atom stereocenters. The third-order valence-corrected chi connectivity index (χ3v) is 4.05. The zero-order valence-electron chi connectivity index (χ0n) is 20.3. The number of rotatable bonds is 4. The van der Waals surface area contributed by atoms with Crippen LogP contribution < -0.4 is 10.6 Å². The third-order valence-electron chi connectivity index (χ3n) is 4.05. The average Bonchev–Trinajstić information content (AvgIpc) is 3.57. The summed E-state index contributed by atoms with van der Waals surface area (Å²) in [5.41, 5.74) is 0.438. The van der Waals surface area contributed by atoms with E-state index >= 15 is 0 Å². The quantitative estimate of drug-likeness (QED) is 0.199. The maximum absolute atomic E-state index is 12.9. The van der Waals surface area contributed by atoms with Crippen LogP contribution in [0.3, 0.4) is 0 Å². The van der Waals surface area contributed by atoms with E-state index in [0.717, 1.165) is 12.1 Å². The molecule has 0 radical (unpaired) electrons. The van der Waals surface area contributed by atoms with Gasteiger partial charge in [-0.3, -0.25) is 9.59 Å². The number of nitrogens with one attached hydrogen (secondary N) is 2. The summed E-state index contributed by atoms with van der Waals surface area (Å²) in [7, 11) is 0. The molecule has 2 amide bonds. The van der Waals surface area contributed by atoms with Gasteiger partial charge in [0.2, 0.25) is 11.8 Å². The van der Waals surface area contributed by atoms with Crippen molar-refractivity contribution in [1.29, 1.82) is 0 Å². The van der Waals surface area contributed by atoms with Crippen molar-refractivity contribution in [2.75, 3.05) is 0 Å². The standard InChI is InChI=1S/2C9H8F2NO.2C5H5.Ti/c2*1-6(13)12-5-7-2-3-8(10)4-9(7)11;2*1-2-4-5-3-1;/h2*2-3H,5H2,1H3,(H,12,13);2*1-5H;/q4*-1;+4. The Labute approximate surface area is 229 Å². The predicted octanol–water partition coefficient (Wildman–Crippen LogP) is 5.61. The Morgan fingerprint density at radius 2 is 1.00 bits per heavy atom. The van der Waals surface area contributed by atoms with Crippen molar-refractivity contribution in [3.05, 3.63) is 131 Å². The zero-order valence-corrected chi connectivity index (χ0v) is 21.9. The predicted molar refractivity (Wildman–Crippen MR) is 129 cm³/mol. The molecule has 37 heavy (non-hydrogen) atoms. The molecule has 0 atom stereocenters. The van der Waals surface area contributed by atoms with E-state index in [0.29, 0.717) is 0 Å². The molecule has 9 heteroatoms. The Hall–Kier alpha value is -3.49. The molecule has 0 fully saturated rings. The van der Waals surface area contributed by atoms with Gasteiger partial charge in [-0.2, -0.15) is 48.5 Å². The van der Waals surface area contributed by atoms with Gasteiger partial charge in [0.15, 0.2) is 0 Å². The summed E-state index contributed by atoms with van der Waals surface area (Å²) in [6.07, 6.45) is 0. The van der Waals surface area contributed by atoms with Gasteiger partial charge in [-0.15, -0.1) is 35.4 Å². The molecule has 0 saturated carbocycles. The fourth-order valence-corrected chi connectivity index (χ4v) is 2.30. The van der Waals surface area contributed by atoms with E-state index in [1.165, 1.54) is 26.0 Å². The summed E-state index contributed by atoms with van der Waals surface area (Å²) in [6.45, 7) is 2.76. The molecule has 4 aromatic carbocycles. The monoisotopic (exact) mass is 546 g/mol. The first-order chi connectivity index (χ1) is 17.2. The molecule has 4 nitrogen and oxygen atoms in total. The van der Waals surface area contributed by atoms with Gasteiger partial charge in [0.1, 0.15) is 0 Å². The van der Waals surface area contributed by atoms with Crippen LogP contribution in [0.4, 0.5) is 17.6 Å². The van der Waals surface area contributed by atoms with E-state index < -0.39 is 23.3 Å². The van der Waals surface area contributed by atoms with Gasteiger partial charge in [0, 0.05) is 50.2 Å². The van der Waals surface area contributed by atoms with E-state index in [1.54, 1.807) is 0 Å². The second-order valence-corrected chi connectivity index (χ2v) is 7.03. The summed E-state index contributed by atoms with van der Waals surface area (Å²) in [5, 5.41) is 4.80. The normalized spacial score (nSPS) is 9.03. The van der Waals surface area contributed by atoms with Crippen LogP contribution in [0.2, 0.25) is 0 Å². The molecule has 192 valence electrons. The fraction of sp³-hybridized carbons (Fsp3) is 0.143. The molecule has 0 aromatic heterocycles. The van der Waals surface area contributed by atoms with E-state index in [4.69, 9.17) is 0 Å². The molecule has 0 aliphatic rings. The van der Waals surface area contributed by atoms with Crippen LogP contribution in [0.1, 0.15) is 25.0 Å². The summed E-state index contributed by atoms with van der Waals surface area (Å²) >= 11 is 0. The zero-order chi connectivity index (χ0) is 26.8. The molecule has 4 rings (SSSR count). The Morgan fingerprint density at radius 3 is 1.22 bits per heavy atom. The van der Waals surface area contributed by atoms with Crippen molar-refractivity contribution >= 4 is 11.8 Å². The fourth-order valence-electron chi connectivity index (χ4n) is 2.30. The van der Waals surface area contributed by atoms with E-state index in [-0.39, 0.29) is 57.7 Å². The van der Waals surface area contributed by atoms with E-state index in [1.807, 2.05) is 72.8 Å². The Balaban J connectivity index is 0.000000502. The largest absolute Gasteiger partial charge is 4.00 e. The first-order valence-corrected chi connectivity index (χ1v) is 10.7. The summed E-state index contributed by atoms with van der Waals surface area (Å²) in [5.74, 6) is -3.55. The molecule has 2 N–H and O–H groups in total.